The molecule has 0 saturated carbocycles. The first-order chi connectivity index (χ1) is 11.0. The van der Waals surface area contributed by atoms with Gasteiger partial charge in [-0.25, -0.2) is 8.42 Å². The fourth-order valence-corrected chi connectivity index (χ4v) is 2.80. The zero-order chi connectivity index (χ0) is 18.1. The Labute approximate surface area is 138 Å². The number of alkyl halides is 3. The summed E-state index contributed by atoms with van der Waals surface area (Å²) in [4.78, 5) is 14.9. The van der Waals surface area contributed by atoms with Crippen molar-refractivity contribution < 1.29 is 26.4 Å². The van der Waals surface area contributed by atoms with Gasteiger partial charge in [0.1, 0.15) is 6.54 Å². The molecule has 0 bridgehead atoms. The van der Waals surface area contributed by atoms with E-state index in [4.69, 9.17) is 0 Å². The molecule has 134 valence electrons. The smallest absolute Gasteiger partial charge is 0.359 e. The van der Waals surface area contributed by atoms with Crippen molar-refractivity contribution in [2.45, 2.75) is 6.18 Å². The number of benzene rings is 1. The molecule has 0 saturated heterocycles. The minimum atomic E-state index is -4.35. The lowest BCUT2D eigenvalue weighted by Crippen LogP contribution is -2.49. The summed E-state index contributed by atoms with van der Waals surface area (Å²) in [6.45, 7) is -1.39. The Kier molecular flexibility index (Phi) is 5.09. The molecule has 0 aromatic heterocycles. The minimum Gasteiger partial charge on any atom is -0.359 e. The van der Waals surface area contributed by atoms with Crippen molar-refractivity contribution in [1.29, 1.82) is 0 Å². The molecule has 0 unspecified atom stereocenters. The van der Waals surface area contributed by atoms with E-state index >= 15 is 0 Å². The summed E-state index contributed by atoms with van der Waals surface area (Å²) in [6, 6.07) is 6.28. The van der Waals surface area contributed by atoms with Crippen molar-refractivity contribution in [1.82, 2.24) is 4.31 Å². The van der Waals surface area contributed by atoms with Gasteiger partial charge in [-0.3, -0.25) is 4.79 Å². The Morgan fingerprint density at radius 1 is 1.21 bits per heavy atom. The molecule has 0 aliphatic carbocycles. The van der Waals surface area contributed by atoms with Crippen LogP contribution in [0.3, 0.4) is 0 Å². The molecule has 1 aliphatic rings. The van der Waals surface area contributed by atoms with Gasteiger partial charge >= 0.3 is 6.18 Å². The minimum absolute atomic E-state index is 0.0187. The summed E-state index contributed by atoms with van der Waals surface area (Å²) >= 11 is 0. The highest BCUT2D eigenvalue weighted by Gasteiger charge is 2.35. The largest absolute Gasteiger partial charge is 0.405 e. The molecular weight excluding hydrogens is 347 g/mol. The zero-order valence-corrected chi connectivity index (χ0v) is 14.1. The van der Waals surface area contributed by atoms with E-state index in [1.807, 2.05) is 0 Å². The van der Waals surface area contributed by atoms with Crippen LogP contribution in [-0.4, -0.2) is 64.3 Å². The molecule has 0 spiro atoms. The number of hydrogen-bond donors (Lipinski definition) is 0. The molecule has 0 fully saturated rings. The SMILES string of the molecule is CN(CC(=O)N1CCN(CC(F)(F)F)c2ccccc21)S(C)(=O)=O. The van der Waals surface area contributed by atoms with Crippen molar-refractivity contribution in [3.63, 3.8) is 0 Å². The highest BCUT2D eigenvalue weighted by Crippen LogP contribution is 2.34. The van der Waals surface area contributed by atoms with Crippen LogP contribution in [0.15, 0.2) is 24.3 Å². The van der Waals surface area contributed by atoms with Crippen LogP contribution in [0.4, 0.5) is 24.5 Å². The van der Waals surface area contributed by atoms with Crippen LogP contribution >= 0.6 is 0 Å². The number of fused-ring (bicyclic) bond motifs is 1. The number of carbonyl (C=O) groups excluding carboxylic acids is 1. The molecule has 0 N–H and O–H groups in total. The molecule has 10 heteroatoms. The third-order valence-electron chi connectivity index (χ3n) is 3.70. The first kappa shape index (κ1) is 18.5. The summed E-state index contributed by atoms with van der Waals surface area (Å²) in [6.07, 6.45) is -3.37. The highest BCUT2D eigenvalue weighted by molar-refractivity contribution is 7.88. The van der Waals surface area contributed by atoms with Gasteiger partial charge in [-0.05, 0) is 12.1 Å². The van der Waals surface area contributed by atoms with E-state index in [1.165, 1.54) is 22.9 Å². The van der Waals surface area contributed by atoms with Crippen molar-refractivity contribution >= 4 is 27.3 Å². The second kappa shape index (κ2) is 6.60. The van der Waals surface area contributed by atoms with Crippen molar-refractivity contribution in [3.05, 3.63) is 24.3 Å². The van der Waals surface area contributed by atoms with Gasteiger partial charge in [0, 0.05) is 20.1 Å². The number of para-hydroxylation sites is 2. The summed E-state index contributed by atoms with van der Waals surface area (Å²) < 4.78 is 61.8. The van der Waals surface area contributed by atoms with Crippen LogP contribution < -0.4 is 9.80 Å². The van der Waals surface area contributed by atoms with E-state index in [9.17, 15) is 26.4 Å². The number of rotatable bonds is 4. The quantitative estimate of drug-likeness (QED) is 0.807. The van der Waals surface area contributed by atoms with Crippen LogP contribution in [0.25, 0.3) is 0 Å². The third-order valence-corrected chi connectivity index (χ3v) is 4.96. The van der Waals surface area contributed by atoms with Gasteiger partial charge in [0.25, 0.3) is 0 Å². The molecular formula is C14H18F3N3O3S. The molecule has 2 rings (SSSR count). The molecule has 1 aromatic carbocycles. The summed E-state index contributed by atoms with van der Waals surface area (Å²) in [5, 5.41) is 0. The average Bonchev–Trinajstić information content (AvgIpc) is 2.45. The number of carbonyl (C=O) groups is 1. The zero-order valence-electron chi connectivity index (χ0n) is 13.2. The number of hydrogen-bond acceptors (Lipinski definition) is 4. The maximum absolute atomic E-state index is 12.7. The van der Waals surface area contributed by atoms with Crippen LogP contribution in [0.5, 0.6) is 0 Å². The normalized spacial score (nSPS) is 15.6. The molecule has 24 heavy (non-hydrogen) atoms. The van der Waals surface area contributed by atoms with E-state index in [-0.39, 0.29) is 19.6 Å². The van der Waals surface area contributed by atoms with Crippen LogP contribution in [-0.2, 0) is 14.8 Å². The lowest BCUT2D eigenvalue weighted by molar-refractivity contribution is -0.119. The lowest BCUT2D eigenvalue weighted by Gasteiger charge is -2.38. The van der Waals surface area contributed by atoms with Gasteiger partial charge in [-0.2, -0.15) is 17.5 Å². The molecule has 1 amide bonds. The maximum atomic E-state index is 12.7. The summed E-state index contributed by atoms with van der Waals surface area (Å²) in [5.74, 6) is -0.484. The van der Waals surface area contributed by atoms with E-state index in [0.29, 0.717) is 11.4 Å². The predicted molar refractivity (Wildman–Crippen MR) is 84.5 cm³/mol. The molecule has 0 atom stereocenters. The van der Waals surface area contributed by atoms with E-state index < -0.39 is 28.7 Å². The van der Waals surface area contributed by atoms with Gasteiger partial charge < -0.3 is 9.80 Å². The van der Waals surface area contributed by atoms with Crippen molar-refractivity contribution in [3.8, 4) is 0 Å². The number of anilines is 2. The first-order valence-electron chi connectivity index (χ1n) is 7.11. The molecule has 1 aromatic rings. The Morgan fingerprint density at radius 2 is 1.79 bits per heavy atom. The molecule has 6 nitrogen and oxygen atoms in total. The fourth-order valence-electron chi connectivity index (χ4n) is 2.45. The van der Waals surface area contributed by atoms with Gasteiger partial charge in [0.05, 0.1) is 24.2 Å². The Hall–Kier alpha value is -1.81. The second-order valence-corrected chi connectivity index (χ2v) is 7.68. The van der Waals surface area contributed by atoms with E-state index in [2.05, 4.69) is 0 Å². The topological polar surface area (TPSA) is 60.9 Å². The Balaban J connectivity index is 2.24. The fraction of sp³-hybridized carbons (Fsp3) is 0.500. The monoisotopic (exact) mass is 365 g/mol. The third kappa shape index (κ3) is 4.38. The molecule has 0 radical (unpaired) electrons. The Morgan fingerprint density at radius 3 is 2.33 bits per heavy atom. The highest BCUT2D eigenvalue weighted by atomic mass is 32.2. The van der Waals surface area contributed by atoms with E-state index in [1.54, 1.807) is 18.2 Å². The summed E-state index contributed by atoms with van der Waals surface area (Å²) in [7, 11) is -2.25. The number of halogens is 3. The van der Waals surface area contributed by atoms with E-state index in [0.717, 1.165) is 10.6 Å². The van der Waals surface area contributed by atoms with Crippen molar-refractivity contribution in [2.75, 3.05) is 49.3 Å². The number of sulfonamides is 1. The molecule has 1 heterocycles. The maximum Gasteiger partial charge on any atom is 0.405 e. The molecule has 1 aliphatic heterocycles. The van der Waals surface area contributed by atoms with Gasteiger partial charge in [0.15, 0.2) is 0 Å². The standard InChI is InChI=1S/C14H18F3N3O3S/c1-18(24(2,22)23)9-13(21)20-8-7-19(10-14(15,16)17)11-5-3-4-6-12(11)20/h3-6H,7-10H2,1-2H3. The predicted octanol–water partition coefficient (Wildman–Crippen LogP) is 1.29. The lowest BCUT2D eigenvalue weighted by atomic mass is 10.1. The van der Waals surface area contributed by atoms with Gasteiger partial charge in [-0.15, -0.1) is 0 Å². The van der Waals surface area contributed by atoms with Gasteiger partial charge in [0.2, 0.25) is 15.9 Å². The Bertz CT molecular complexity index is 721. The van der Waals surface area contributed by atoms with Crippen LogP contribution in [0.2, 0.25) is 0 Å². The second-order valence-electron chi connectivity index (χ2n) is 5.59. The number of nitrogens with zero attached hydrogens (tertiary/aromatic N) is 3. The number of amides is 1. The first-order valence-corrected chi connectivity index (χ1v) is 8.96. The van der Waals surface area contributed by atoms with Crippen molar-refractivity contribution in [2.24, 2.45) is 0 Å². The summed E-state index contributed by atoms with van der Waals surface area (Å²) in [5.41, 5.74) is 0.649. The van der Waals surface area contributed by atoms with Gasteiger partial charge in [-0.1, -0.05) is 12.1 Å². The average molecular weight is 365 g/mol. The van der Waals surface area contributed by atoms with Crippen LogP contribution in [0, 0.1) is 0 Å². The number of likely N-dealkylation sites (N-methyl/N-ethyl adjacent to an activating group) is 1. The van der Waals surface area contributed by atoms with Crippen LogP contribution in [0.1, 0.15) is 0 Å².